The first-order valence-electron chi connectivity index (χ1n) is 7.55. The summed E-state index contributed by atoms with van der Waals surface area (Å²) in [6, 6.07) is 7.21. The normalized spacial score (nSPS) is 15.0. The van der Waals surface area contributed by atoms with Crippen LogP contribution in [0.25, 0.3) is 0 Å². The molecule has 6 heteroatoms. The number of nitrogens with zero attached hydrogens (tertiary/aromatic N) is 2. The molecule has 0 amide bonds. The van der Waals surface area contributed by atoms with Gasteiger partial charge >= 0.3 is 5.97 Å². The van der Waals surface area contributed by atoms with Crippen LogP contribution in [-0.4, -0.2) is 22.2 Å². The second-order valence-corrected chi connectivity index (χ2v) is 5.48. The number of benzene rings is 1. The van der Waals surface area contributed by atoms with E-state index in [1.54, 1.807) is 19.1 Å². The smallest absolute Gasteiger partial charge is 0.338 e. The fourth-order valence-electron chi connectivity index (χ4n) is 2.54. The van der Waals surface area contributed by atoms with Crippen molar-refractivity contribution >= 4 is 11.7 Å². The second kappa shape index (κ2) is 6.60. The van der Waals surface area contributed by atoms with E-state index >= 15 is 0 Å². The first-order chi connectivity index (χ1) is 10.7. The van der Waals surface area contributed by atoms with Gasteiger partial charge in [0.2, 0.25) is 5.89 Å². The summed E-state index contributed by atoms with van der Waals surface area (Å²) >= 11 is 0. The van der Waals surface area contributed by atoms with Crippen molar-refractivity contribution < 1.29 is 14.1 Å². The van der Waals surface area contributed by atoms with E-state index in [4.69, 9.17) is 9.26 Å². The largest absolute Gasteiger partial charge is 0.459 e. The Morgan fingerprint density at radius 3 is 2.68 bits per heavy atom. The molecule has 1 saturated carbocycles. The zero-order chi connectivity index (χ0) is 15.4. The maximum Gasteiger partial charge on any atom is 0.338 e. The van der Waals surface area contributed by atoms with E-state index in [-0.39, 0.29) is 12.1 Å². The summed E-state index contributed by atoms with van der Waals surface area (Å²) in [5.74, 6) is 0.898. The van der Waals surface area contributed by atoms with Crippen LogP contribution >= 0.6 is 0 Å². The van der Waals surface area contributed by atoms with Gasteiger partial charge in [0, 0.05) is 5.69 Å². The molecular formula is C16H19N3O3. The molecule has 0 unspecified atom stereocenters. The summed E-state index contributed by atoms with van der Waals surface area (Å²) in [5.41, 5.74) is 1.46. The van der Waals surface area contributed by atoms with E-state index in [2.05, 4.69) is 15.5 Å². The molecule has 0 aliphatic heterocycles. The SMILES string of the molecule is Cc1noc(CNc2ccc(C(=O)OC3CCCC3)cc2)n1. The lowest BCUT2D eigenvalue weighted by atomic mass is 10.2. The fourth-order valence-corrected chi connectivity index (χ4v) is 2.54. The van der Waals surface area contributed by atoms with Gasteiger partial charge < -0.3 is 14.6 Å². The monoisotopic (exact) mass is 301 g/mol. The highest BCUT2D eigenvalue weighted by Gasteiger charge is 2.19. The van der Waals surface area contributed by atoms with Gasteiger partial charge in [0.1, 0.15) is 6.10 Å². The topological polar surface area (TPSA) is 77.2 Å². The number of carbonyl (C=O) groups excluding carboxylic acids is 1. The Labute approximate surface area is 128 Å². The van der Waals surface area contributed by atoms with E-state index in [1.807, 2.05) is 12.1 Å². The number of anilines is 1. The van der Waals surface area contributed by atoms with Crippen LogP contribution in [0.4, 0.5) is 5.69 Å². The number of carbonyl (C=O) groups is 1. The molecule has 0 radical (unpaired) electrons. The standard InChI is InChI=1S/C16H19N3O3/c1-11-18-15(22-19-11)10-17-13-8-6-12(7-9-13)16(20)21-14-4-2-3-5-14/h6-9,14,17H,2-5,10H2,1H3. The number of hydrogen-bond acceptors (Lipinski definition) is 6. The van der Waals surface area contributed by atoms with Crippen molar-refractivity contribution in [3.63, 3.8) is 0 Å². The minimum absolute atomic E-state index is 0.0890. The van der Waals surface area contributed by atoms with Crippen molar-refractivity contribution in [2.24, 2.45) is 0 Å². The molecule has 3 rings (SSSR count). The van der Waals surface area contributed by atoms with Crippen LogP contribution in [0.2, 0.25) is 0 Å². The van der Waals surface area contributed by atoms with Crippen LogP contribution in [0.3, 0.4) is 0 Å². The number of nitrogens with one attached hydrogen (secondary N) is 1. The molecule has 0 bridgehead atoms. The molecule has 116 valence electrons. The van der Waals surface area contributed by atoms with Gasteiger partial charge in [0.05, 0.1) is 12.1 Å². The summed E-state index contributed by atoms with van der Waals surface area (Å²) < 4.78 is 10.5. The molecular weight excluding hydrogens is 282 g/mol. The predicted molar refractivity (Wildman–Crippen MR) is 80.5 cm³/mol. The third kappa shape index (κ3) is 3.63. The first-order valence-corrected chi connectivity index (χ1v) is 7.55. The summed E-state index contributed by atoms with van der Waals surface area (Å²) in [7, 11) is 0. The van der Waals surface area contributed by atoms with Gasteiger partial charge in [-0.3, -0.25) is 0 Å². The lowest BCUT2D eigenvalue weighted by Crippen LogP contribution is -2.14. The minimum atomic E-state index is -0.244. The Hall–Kier alpha value is -2.37. The van der Waals surface area contributed by atoms with Gasteiger partial charge in [-0.05, 0) is 56.9 Å². The maximum absolute atomic E-state index is 12.0. The van der Waals surface area contributed by atoms with E-state index < -0.39 is 0 Å². The van der Waals surface area contributed by atoms with Gasteiger partial charge in [-0.15, -0.1) is 0 Å². The summed E-state index contributed by atoms with van der Waals surface area (Å²) in [6.07, 6.45) is 4.35. The fraction of sp³-hybridized carbons (Fsp3) is 0.438. The highest BCUT2D eigenvalue weighted by atomic mass is 16.5. The number of hydrogen-bond donors (Lipinski definition) is 1. The number of esters is 1. The summed E-state index contributed by atoms with van der Waals surface area (Å²) in [5, 5.41) is 6.89. The predicted octanol–water partition coefficient (Wildman–Crippen LogP) is 3.09. The molecule has 1 aliphatic rings. The van der Waals surface area contributed by atoms with Crippen molar-refractivity contribution in [2.75, 3.05) is 5.32 Å². The average molecular weight is 301 g/mol. The summed E-state index contributed by atoms with van der Waals surface area (Å²) in [4.78, 5) is 16.1. The molecule has 2 aromatic rings. The molecule has 1 fully saturated rings. The van der Waals surface area contributed by atoms with E-state index in [0.717, 1.165) is 31.4 Å². The van der Waals surface area contributed by atoms with Crippen LogP contribution in [0.1, 0.15) is 47.8 Å². The quantitative estimate of drug-likeness (QED) is 0.855. The molecule has 0 spiro atoms. The van der Waals surface area contributed by atoms with Crippen molar-refractivity contribution in [1.82, 2.24) is 10.1 Å². The van der Waals surface area contributed by atoms with E-state index in [1.165, 1.54) is 0 Å². The van der Waals surface area contributed by atoms with Gasteiger partial charge in [0.15, 0.2) is 5.82 Å². The molecule has 1 aromatic heterocycles. The lowest BCUT2D eigenvalue weighted by Gasteiger charge is -2.11. The zero-order valence-electron chi connectivity index (χ0n) is 12.5. The highest BCUT2D eigenvalue weighted by molar-refractivity contribution is 5.89. The Bertz CT molecular complexity index is 630. The van der Waals surface area contributed by atoms with Crippen LogP contribution in [-0.2, 0) is 11.3 Å². The van der Waals surface area contributed by atoms with Gasteiger partial charge in [-0.25, -0.2) is 4.79 Å². The Kier molecular flexibility index (Phi) is 4.37. The molecule has 1 N–H and O–H groups in total. The van der Waals surface area contributed by atoms with Crippen LogP contribution < -0.4 is 5.32 Å². The molecule has 1 heterocycles. The van der Waals surface area contributed by atoms with Crippen molar-refractivity contribution in [3.8, 4) is 0 Å². The second-order valence-electron chi connectivity index (χ2n) is 5.48. The average Bonchev–Trinajstić information content (AvgIpc) is 3.17. The van der Waals surface area contributed by atoms with Crippen LogP contribution in [0, 0.1) is 6.92 Å². The van der Waals surface area contributed by atoms with Gasteiger partial charge in [-0.2, -0.15) is 4.98 Å². The van der Waals surface area contributed by atoms with Crippen molar-refractivity contribution in [3.05, 3.63) is 41.5 Å². The molecule has 0 saturated heterocycles. The van der Waals surface area contributed by atoms with Gasteiger partial charge in [0.25, 0.3) is 0 Å². The number of rotatable bonds is 5. The molecule has 1 aliphatic carbocycles. The Morgan fingerprint density at radius 1 is 1.32 bits per heavy atom. The third-order valence-electron chi connectivity index (χ3n) is 3.71. The molecule has 1 aromatic carbocycles. The van der Waals surface area contributed by atoms with Crippen LogP contribution in [0.5, 0.6) is 0 Å². The van der Waals surface area contributed by atoms with E-state index in [0.29, 0.717) is 23.8 Å². The third-order valence-corrected chi connectivity index (χ3v) is 3.71. The molecule has 0 atom stereocenters. The number of aromatic nitrogens is 2. The van der Waals surface area contributed by atoms with E-state index in [9.17, 15) is 4.79 Å². The summed E-state index contributed by atoms with van der Waals surface area (Å²) in [6.45, 7) is 2.23. The maximum atomic E-state index is 12.0. The molecule has 22 heavy (non-hydrogen) atoms. The van der Waals surface area contributed by atoms with Crippen molar-refractivity contribution in [2.45, 2.75) is 45.3 Å². The lowest BCUT2D eigenvalue weighted by molar-refractivity contribution is 0.0318. The Balaban J connectivity index is 1.54. The number of ether oxygens (including phenoxy) is 1. The van der Waals surface area contributed by atoms with Crippen molar-refractivity contribution in [1.29, 1.82) is 0 Å². The zero-order valence-corrected chi connectivity index (χ0v) is 12.5. The highest BCUT2D eigenvalue weighted by Crippen LogP contribution is 2.22. The van der Waals surface area contributed by atoms with Crippen LogP contribution in [0.15, 0.2) is 28.8 Å². The molecule has 6 nitrogen and oxygen atoms in total. The first kappa shape index (κ1) is 14.6. The minimum Gasteiger partial charge on any atom is -0.459 e. The van der Waals surface area contributed by atoms with Gasteiger partial charge in [-0.1, -0.05) is 5.16 Å². The Morgan fingerprint density at radius 2 is 2.05 bits per heavy atom. The number of aryl methyl sites for hydroxylation is 1.